The summed E-state index contributed by atoms with van der Waals surface area (Å²) in [4.78, 5) is 62.2. The Bertz CT molecular complexity index is 2200. The first-order valence-electron chi connectivity index (χ1n) is 20.6. The van der Waals surface area contributed by atoms with E-state index in [9.17, 15) is 40.8 Å². The minimum absolute atomic E-state index is 0.0688. The van der Waals surface area contributed by atoms with Crippen molar-refractivity contribution in [3.8, 4) is 5.75 Å². The van der Waals surface area contributed by atoms with Gasteiger partial charge < -0.3 is 25.0 Å². The zero-order valence-corrected chi connectivity index (χ0v) is 34.4. The van der Waals surface area contributed by atoms with E-state index in [2.05, 4.69) is 20.3 Å². The van der Waals surface area contributed by atoms with Gasteiger partial charge in [-0.05, 0) is 109 Å². The minimum Gasteiger partial charge on any atom is -0.483 e. The van der Waals surface area contributed by atoms with Crippen molar-refractivity contribution in [2.45, 2.75) is 150 Å². The number of hydrogen-bond acceptors (Lipinski definition) is 9. The molecule has 1 saturated heterocycles. The van der Waals surface area contributed by atoms with Crippen molar-refractivity contribution in [1.82, 2.24) is 25.2 Å². The van der Waals surface area contributed by atoms with Crippen LogP contribution in [-0.4, -0.2) is 82.7 Å². The van der Waals surface area contributed by atoms with Crippen molar-refractivity contribution in [1.29, 1.82) is 0 Å². The van der Waals surface area contributed by atoms with Crippen molar-refractivity contribution in [2.24, 2.45) is 5.92 Å². The molecule has 13 nitrogen and oxygen atoms in total. The molecule has 320 valence electrons. The largest absolute Gasteiger partial charge is 0.483 e. The van der Waals surface area contributed by atoms with E-state index < -0.39 is 85.3 Å². The fourth-order valence-electron chi connectivity index (χ4n) is 9.40. The third kappa shape index (κ3) is 7.97. The molecule has 5 unspecified atom stereocenters. The first-order valence-corrected chi connectivity index (χ1v) is 22.5. The van der Waals surface area contributed by atoms with Crippen molar-refractivity contribution in [3.63, 3.8) is 0 Å². The Morgan fingerprint density at radius 2 is 1.78 bits per heavy atom. The molecule has 0 radical (unpaired) electrons. The second kappa shape index (κ2) is 15.4. The van der Waals surface area contributed by atoms with Crippen LogP contribution < -0.4 is 20.1 Å². The van der Waals surface area contributed by atoms with Crippen LogP contribution in [0.2, 0.25) is 5.02 Å². The maximum Gasteiger partial charge on any atom is 0.437 e. The number of allylic oxidation sites excluding steroid dienone is 1. The van der Waals surface area contributed by atoms with Crippen LogP contribution in [0.15, 0.2) is 30.4 Å². The Kier molecular flexibility index (Phi) is 10.9. The minimum atomic E-state index is -4.93. The predicted octanol–water partition coefficient (Wildman–Crippen LogP) is 6.39. The topological polar surface area (TPSA) is 173 Å². The third-order valence-corrected chi connectivity index (χ3v) is 15.8. The molecule has 59 heavy (non-hydrogen) atoms. The summed E-state index contributed by atoms with van der Waals surface area (Å²) >= 11 is 6.27. The summed E-state index contributed by atoms with van der Waals surface area (Å²) in [5.74, 6) is -3.42. The molecule has 3 saturated carbocycles. The van der Waals surface area contributed by atoms with Gasteiger partial charge in [0.1, 0.15) is 29.3 Å². The average molecular weight is 864 g/mol. The van der Waals surface area contributed by atoms with E-state index in [0.29, 0.717) is 68.2 Å². The number of aromatic nitrogens is 1. The number of carbonyl (C=O) groups excluding carboxylic acids is 4. The molecule has 0 bridgehead atoms. The second-order valence-corrected chi connectivity index (χ2v) is 20.1. The molecule has 1 aromatic heterocycles. The lowest BCUT2D eigenvalue weighted by Crippen LogP contribution is -2.70. The zero-order chi connectivity index (χ0) is 42.0. The van der Waals surface area contributed by atoms with Crippen molar-refractivity contribution < 1.29 is 50.2 Å². The van der Waals surface area contributed by atoms with E-state index in [4.69, 9.17) is 21.1 Å². The fraction of sp³-hybridized carbons (Fsp3) is 0.634. The van der Waals surface area contributed by atoms with Crippen molar-refractivity contribution in [3.05, 3.63) is 46.6 Å². The highest BCUT2D eigenvalue weighted by Gasteiger charge is 2.60. The number of ether oxygens (including phenoxy) is 2. The van der Waals surface area contributed by atoms with Crippen LogP contribution in [0.5, 0.6) is 5.75 Å². The third-order valence-electron chi connectivity index (χ3n) is 13.4. The van der Waals surface area contributed by atoms with Gasteiger partial charge in [0.15, 0.2) is 11.4 Å². The molecule has 4 amide bonds. The van der Waals surface area contributed by atoms with Gasteiger partial charge in [-0.1, -0.05) is 36.6 Å². The standard InChI is InChI=1S/C41H49ClF3N5O8S/c1-38(19-20-38)59(55,56)49-36(53)40-18-15-24(40)9-5-3-2-4-6-12-30(47-37(54)57-26-10-7-8-11-26)35(52)50-23-39(22-31(50)34(51)48-40)17-16-27-28-21-25(42)13-14-29(28)46-33(32(27)58-39)41(43,44)45/h5,9,13-14,21,24,26,30-31H,2-4,6-8,10-12,15-20,22-23H2,1H3,(H,47,54)(H,48,51)(H,49,53). The number of alkyl carbamates (subject to hydrolysis) is 1. The van der Waals surface area contributed by atoms with Crippen LogP contribution >= 0.6 is 11.6 Å². The maximum atomic E-state index is 14.8. The summed E-state index contributed by atoms with van der Waals surface area (Å²) in [7, 11) is -4.10. The SMILES string of the molecule is CC1(S(=O)(=O)NC(=O)C23CCC2C=CCCCCCC(NC(=O)OC2CCCC2)C(=O)N2CC4(CCc5c(c(C(F)(F)F)nc6ccc(Cl)cc56)O4)CC2C(=O)N3)CC1. The highest BCUT2D eigenvalue weighted by molar-refractivity contribution is 7.91. The monoisotopic (exact) mass is 863 g/mol. The molecule has 18 heteroatoms. The normalized spacial score (nSPS) is 29.8. The molecule has 4 heterocycles. The lowest BCUT2D eigenvalue weighted by molar-refractivity contribution is -0.145. The Hall–Kier alpha value is -4.12. The number of nitrogens with zero attached hydrogens (tertiary/aromatic N) is 2. The molecule has 1 aromatic carbocycles. The summed E-state index contributed by atoms with van der Waals surface area (Å²) in [6.07, 6.45) is 4.91. The molecule has 2 aromatic rings. The van der Waals surface area contributed by atoms with Crippen LogP contribution in [0.3, 0.4) is 0 Å². The van der Waals surface area contributed by atoms with Gasteiger partial charge in [0.25, 0.3) is 5.91 Å². The number of carbonyl (C=O) groups is 4. The lowest BCUT2D eigenvalue weighted by atomic mass is 9.65. The van der Waals surface area contributed by atoms with E-state index in [1.165, 1.54) is 23.1 Å². The molecule has 5 atom stereocenters. The van der Waals surface area contributed by atoms with Gasteiger partial charge in [-0.15, -0.1) is 0 Å². The average Bonchev–Trinajstić information content (AvgIpc) is 3.55. The molecule has 3 aliphatic carbocycles. The number of fused-ring (bicyclic) bond motifs is 5. The number of sulfonamides is 1. The summed E-state index contributed by atoms with van der Waals surface area (Å²) in [6, 6.07) is 1.85. The Morgan fingerprint density at radius 3 is 2.47 bits per heavy atom. The quantitative estimate of drug-likeness (QED) is 0.288. The number of amides is 4. The number of benzene rings is 1. The van der Waals surface area contributed by atoms with Gasteiger partial charge in [-0.3, -0.25) is 19.1 Å². The van der Waals surface area contributed by atoms with Crippen LogP contribution in [0.1, 0.15) is 114 Å². The van der Waals surface area contributed by atoms with E-state index in [1.807, 2.05) is 12.2 Å². The molecule has 4 fully saturated rings. The van der Waals surface area contributed by atoms with Crippen molar-refractivity contribution in [2.75, 3.05) is 6.54 Å². The summed E-state index contributed by atoms with van der Waals surface area (Å²) < 4.78 is 84.0. The van der Waals surface area contributed by atoms with E-state index in [1.54, 1.807) is 6.92 Å². The summed E-state index contributed by atoms with van der Waals surface area (Å²) in [5, 5.41) is 6.27. The predicted molar refractivity (Wildman–Crippen MR) is 210 cm³/mol. The van der Waals surface area contributed by atoms with Gasteiger partial charge in [-0.25, -0.2) is 18.2 Å². The van der Waals surface area contributed by atoms with Crippen LogP contribution in [-0.2, 0) is 41.7 Å². The molecular weight excluding hydrogens is 815 g/mol. The smallest absolute Gasteiger partial charge is 0.437 e. The molecule has 8 rings (SSSR count). The molecular formula is C41H49ClF3N5O8S. The molecule has 6 aliphatic rings. The lowest BCUT2D eigenvalue weighted by Gasteiger charge is -2.48. The first-order chi connectivity index (χ1) is 27.9. The number of alkyl halides is 3. The first kappa shape index (κ1) is 41.6. The number of halogens is 4. The summed E-state index contributed by atoms with van der Waals surface area (Å²) in [6.45, 7) is 1.22. The molecule has 1 spiro atoms. The van der Waals surface area contributed by atoms with Gasteiger partial charge in [0.2, 0.25) is 21.8 Å². The summed E-state index contributed by atoms with van der Waals surface area (Å²) in [5.41, 5.74) is -4.13. The molecule has 3 aliphatic heterocycles. The number of pyridine rings is 1. The van der Waals surface area contributed by atoms with Gasteiger partial charge in [0, 0.05) is 28.3 Å². The Labute approximate surface area is 345 Å². The number of aryl methyl sites for hydroxylation is 1. The van der Waals surface area contributed by atoms with Gasteiger partial charge in [-0.2, -0.15) is 13.2 Å². The maximum absolute atomic E-state index is 14.8. The zero-order valence-electron chi connectivity index (χ0n) is 32.8. The number of rotatable bonds is 5. The number of nitrogens with one attached hydrogen (secondary N) is 3. The van der Waals surface area contributed by atoms with Crippen LogP contribution in [0, 0.1) is 5.92 Å². The van der Waals surface area contributed by atoms with E-state index in [0.717, 1.165) is 12.8 Å². The fourth-order valence-corrected chi connectivity index (χ4v) is 10.9. The highest BCUT2D eigenvalue weighted by Crippen LogP contribution is 2.49. The van der Waals surface area contributed by atoms with E-state index >= 15 is 0 Å². The molecule has 3 N–H and O–H groups in total. The number of hydrogen-bond donors (Lipinski definition) is 3. The Morgan fingerprint density at radius 1 is 1.03 bits per heavy atom. The van der Waals surface area contributed by atoms with Crippen LogP contribution in [0.25, 0.3) is 10.9 Å². The van der Waals surface area contributed by atoms with Crippen molar-refractivity contribution >= 4 is 56.3 Å². The second-order valence-electron chi connectivity index (χ2n) is 17.5. The van der Waals surface area contributed by atoms with Gasteiger partial charge >= 0.3 is 12.3 Å². The van der Waals surface area contributed by atoms with Crippen LogP contribution in [0.4, 0.5) is 18.0 Å². The van der Waals surface area contributed by atoms with E-state index in [-0.39, 0.29) is 55.8 Å². The highest BCUT2D eigenvalue weighted by atomic mass is 35.5. The van der Waals surface area contributed by atoms with Gasteiger partial charge in [0.05, 0.1) is 16.8 Å². The Balaban J connectivity index is 1.16.